The first kappa shape index (κ1) is 17.3. The summed E-state index contributed by atoms with van der Waals surface area (Å²) in [6, 6.07) is 8.63. The molecule has 4 heterocycles. The smallest absolute Gasteiger partial charge is 0.0827 e. The molecule has 1 saturated heterocycles. The zero-order valence-electron chi connectivity index (χ0n) is 15.1. The molecule has 0 aliphatic carbocycles. The first-order valence-corrected chi connectivity index (χ1v) is 10.5. The Morgan fingerprint density at radius 3 is 2.77 bits per heavy atom. The first-order chi connectivity index (χ1) is 12.9. The third kappa shape index (κ3) is 3.54. The summed E-state index contributed by atoms with van der Waals surface area (Å²) in [5, 5.41) is 7.41. The Balaban J connectivity index is 1.68. The summed E-state index contributed by atoms with van der Waals surface area (Å²) in [6.45, 7) is 3.24. The van der Waals surface area contributed by atoms with Crippen molar-refractivity contribution in [2.45, 2.75) is 25.8 Å². The van der Waals surface area contributed by atoms with Crippen molar-refractivity contribution in [1.82, 2.24) is 15.0 Å². The van der Waals surface area contributed by atoms with E-state index in [1.165, 1.54) is 23.3 Å². The number of fused-ring (bicyclic) bond motifs is 1. The Bertz CT molecular complexity index is 788. The van der Waals surface area contributed by atoms with Crippen LogP contribution in [-0.2, 0) is 0 Å². The molecule has 0 amide bonds. The van der Waals surface area contributed by atoms with Gasteiger partial charge in [-0.15, -0.1) is 0 Å². The van der Waals surface area contributed by atoms with Crippen molar-refractivity contribution in [2.24, 2.45) is 11.0 Å². The van der Waals surface area contributed by atoms with Gasteiger partial charge in [0.05, 0.1) is 11.8 Å². The number of unbranched alkanes of at least 4 members (excludes halogenated alkanes) is 1. The van der Waals surface area contributed by atoms with Crippen LogP contribution in [0.5, 0.6) is 0 Å². The molecule has 4 nitrogen and oxygen atoms in total. The molecule has 4 rings (SSSR count). The molecule has 0 bridgehead atoms. The van der Waals surface area contributed by atoms with Crippen LogP contribution in [0.3, 0.4) is 0 Å². The Morgan fingerprint density at radius 2 is 2.04 bits per heavy atom. The lowest BCUT2D eigenvalue weighted by Crippen LogP contribution is -2.30. The van der Waals surface area contributed by atoms with Crippen molar-refractivity contribution >= 4 is 23.5 Å². The first-order valence-electron chi connectivity index (χ1n) is 9.30. The van der Waals surface area contributed by atoms with Crippen LogP contribution in [0.25, 0.3) is 6.08 Å². The highest BCUT2D eigenvalue weighted by molar-refractivity contribution is 7.99. The number of hydrogen-bond donors (Lipinski definition) is 0. The van der Waals surface area contributed by atoms with Gasteiger partial charge in [-0.3, -0.25) is 15.0 Å². The summed E-state index contributed by atoms with van der Waals surface area (Å²) < 4.78 is 0. The quantitative estimate of drug-likeness (QED) is 0.787. The zero-order valence-corrected chi connectivity index (χ0v) is 15.9. The van der Waals surface area contributed by atoms with E-state index in [0.717, 1.165) is 30.0 Å². The van der Waals surface area contributed by atoms with E-state index in [2.05, 4.69) is 40.1 Å². The summed E-state index contributed by atoms with van der Waals surface area (Å²) in [5.74, 6) is 2.56. The minimum Gasteiger partial charge on any atom is -0.289 e. The van der Waals surface area contributed by atoms with Gasteiger partial charge in [-0.2, -0.15) is 16.9 Å². The topological polar surface area (TPSA) is 41.4 Å². The zero-order chi connectivity index (χ0) is 17.8. The second-order valence-corrected chi connectivity index (χ2v) is 7.84. The highest BCUT2D eigenvalue weighted by Gasteiger charge is 2.41. The summed E-state index contributed by atoms with van der Waals surface area (Å²) >= 11 is 2.01. The molecule has 0 aromatic carbocycles. The normalized spacial score (nSPS) is 23.8. The van der Waals surface area contributed by atoms with Gasteiger partial charge in [0.2, 0.25) is 0 Å². The molecule has 2 aliphatic heterocycles. The Kier molecular flexibility index (Phi) is 5.34. The second kappa shape index (κ2) is 8.04. The van der Waals surface area contributed by atoms with E-state index in [1.807, 2.05) is 48.7 Å². The van der Waals surface area contributed by atoms with E-state index in [0.29, 0.717) is 12.0 Å². The fourth-order valence-corrected chi connectivity index (χ4v) is 4.88. The van der Waals surface area contributed by atoms with Crippen LogP contribution in [0, 0.1) is 5.92 Å². The highest BCUT2D eigenvalue weighted by atomic mass is 32.2. The molecule has 2 aliphatic rings. The van der Waals surface area contributed by atoms with Crippen LogP contribution in [0.1, 0.15) is 36.9 Å². The molecular weight excluding hydrogens is 340 g/mol. The van der Waals surface area contributed by atoms with Crippen LogP contribution in [0.2, 0.25) is 0 Å². The van der Waals surface area contributed by atoms with Crippen molar-refractivity contribution in [1.29, 1.82) is 0 Å². The maximum atomic E-state index is 5.10. The monoisotopic (exact) mass is 364 g/mol. The number of rotatable bonds is 5. The predicted molar refractivity (Wildman–Crippen MR) is 109 cm³/mol. The van der Waals surface area contributed by atoms with Crippen molar-refractivity contribution in [2.75, 3.05) is 18.1 Å². The molecule has 1 fully saturated rings. The second-order valence-electron chi connectivity index (χ2n) is 6.81. The lowest BCUT2D eigenvalue weighted by Gasteiger charge is -2.30. The van der Waals surface area contributed by atoms with Crippen molar-refractivity contribution in [3.63, 3.8) is 0 Å². The van der Waals surface area contributed by atoms with Gasteiger partial charge < -0.3 is 0 Å². The van der Waals surface area contributed by atoms with Crippen LogP contribution < -0.4 is 0 Å². The van der Waals surface area contributed by atoms with Gasteiger partial charge in [0.1, 0.15) is 0 Å². The fourth-order valence-electron chi connectivity index (χ4n) is 3.72. The van der Waals surface area contributed by atoms with E-state index in [9.17, 15) is 0 Å². The lowest BCUT2D eigenvalue weighted by molar-refractivity contribution is 0.205. The molecule has 2 unspecified atom stereocenters. The largest absolute Gasteiger partial charge is 0.289 e. The van der Waals surface area contributed by atoms with Gasteiger partial charge in [-0.1, -0.05) is 25.5 Å². The SMILES string of the molecule is CCCCN1N=C2/C(=C/c3cccnc3)CSCC2C1c1cccnc1. The molecule has 0 spiro atoms. The highest BCUT2D eigenvalue weighted by Crippen LogP contribution is 2.42. The minimum absolute atomic E-state index is 0.301. The van der Waals surface area contributed by atoms with E-state index in [4.69, 9.17) is 5.10 Å². The number of hydrazone groups is 1. The molecule has 0 N–H and O–H groups in total. The molecule has 2 aromatic heterocycles. The fraction of sp³-hybridized carbons (Fsp3) is 0.381. The number of nitrogens with zero attached hydrogens (tertiary/aromatic N) is 4. The van der Waals surface area contributed by atoms with Gasteiger partial charge >= 0.3 is 0 Å². The number of thioether (sulfide) groups is 1. The Morgan fingerprint density at radius 1 is 1.19 bits per heavy atom. The van der Waals surface area contributed by atoms with Crippen LogP contribution >= 0.6 is 11.8 Å². The van der Waals surface area contributed by atoms with Crippen molar-refractivity contribution in [3.05, 3.63) is 65.8 Å². The van der Waals surface area contributed by atoms with Crippen molar-refractivity contribution in [3.8, 4) is 0 Å². The Labute approximate surface area is 159 Å². The maximum absolute atomic E-state index is 5.10. The van der Waals surface area contributed by atoms with E-state index >= 15 is 0 Å². The third-order valence-electron chi connectivity index (χ3n) is 4.97. The molecule has 26 heavy (non-hydrogen) atoms. The minimum atomic E-state index is 0.301. The molecular formula is C21H24N4S. The summed E-state index contributed by atoms with van der Waals surface area (Å²) in [6.07, 6.45) is 12.2. The van der Waals surface area contributed by atoms with E-state index in [-0.39, 0.29) is 0 Å². The summed E-state index contributed by atoms with van der Waals surface area (Å²) in [5.41, 5.74) is 5.02. The lowest BCUT2D eigenvalue weighted by atomic mass is 9.88. The third-order valence-corrected chi connectivity index (χ3v) is 6.08. The molecule has 134 valence electrons. The van der Waals surface area contributed by atoms with Gasteiger partial charge in [-0.05, 0) is 41.3 Å². The summed E-state index contributed by atoms with van der Waals surface area (Å²) in [4.78, 5) is 8.60. The maximum Gasteiger partial charge on any atom is 0.0827 e. The molecule has 5 heteroatoms. The predicted octanol–water partition coefficient (Wildman–Crippen LogP) is 4.44. The van der Waals surface area contributed by atoms with E-state index < -0.39 is 0 Å². The number of pyridine rings is 2. The number of hydrogen-bond acceptors (Lipinski definition) is 5. The summed E-state index contributed by atoms with van der Waals surface area (Å²) in [7, 11) is 0. The van der Waals surface area contributed by atoms with Gasteiger partial charge in [0.15, 0.2) is 0 Å². The molecule has 0 radical (unpaired) electrons. The van der Waals surface area contributed by atoms with E-state index in [1.54, 1.807) is 0 Å². The molecule has 0 saturated carbocycles. The van der Waals surface area contributed by atoms with Gasteiger partial charge in [0, 0.05) is 48.8 Å². The Hall–Kier alpha value is -2.14. The average molecular weight is 365 g/mol. The van der Waals surface area contributed by atoms with Crippen molar-refractivity contribution < 1.29 is 0 Å². The van der Waals surface area contributed by atoms with Gasteiger partial charge in [-0.25, -0.2) is 0 Å². The van der Waals surface area contributed by atoms with Gasteiger partial charge in [0.25, 0.3) is 0 Å². The average Bonchev–Trinajstić information content (AvgIpc) is 3.07. The molecule has 2 aromatic rings. The van der Waals surface area contributed by atoms with Crippen LogP contribution in [0.4, 0.5) is 0 Å². The van der Waals surface area contributed by atoms with Crippen LogP contribution in [0.15, 0.2) is 59.7 Å². The number of aromatic nitrogens is 2. The molecule has 2 atom stereocenters. The van der Waals surface area contributed by atoms with Crippen LogP contribution in [-0.4, -0.2) is 38.7 Å². The standard InChI is InChI=1S/C21H24N4S/c1-2-3-10-25-21(17-7-5-9-23-13-17)19-15-26-14-18(20(19)24-25)11-16-6-4-8-22-12-16/h4-9,11-13,19,21H,2-3,10,14-15H2,1H3/b18-11+.